The van der Waals surface area contributed by atoms with E-state index in [4.69, 9.17) is 0 Å². The van der Waals surface area contributed by atoms with E-state index in [1.165, 1.54) is 22.3 Å². The number of nitrogens with one attached hydrogen (secondary N) is 1. The Bertz CT molecular complexity index is 1110. The first-order valence-electron chi connectivity index (χ1n) is 13.4. The average molecular weight is 520 g/mol. The molecule has 0 bridgehead atoms. The topological polar surface area (TPSA) is 30.3 Å². The van der Waals surface area contributed by atoms with Gasteiger partial charge in [-0.1, -0.05) is 97.0 Å². The lowest BCUT2D eigenvalue weighted by atomic mass is 9.87. The molecule has 3 aromatic carbocycles. The molecule has 0 aliphatic rings. The highest BCUT2D eigenvalue weighted by Crippen LogP contribution is 2.28. The number of hydrogen-bond acceptors (Lipinski definition) is 1. The Morgan fingerprint density at radius 2 is 1.16 bits per heavy atom. The summed E-state index contributed by atoms with van der Waals surface area (Å²) in [6, 6.07) is 26.3. The van der Waals surface area contributed by atoms with Crippen molar-refractivity contribution in [3.05, 3.63) is 95.1 Å². The molecular formula is C33H46ClN3. The second kappa shape index (κ2) is 13.1. The molecule has 2 atom stereocenters. The normalized spacial score (nSPS) is 12.9. The second-order valence-corrected chi connectivity index (χ2v) is 11.2. The highest BCUT2D eigenvalue weighted by molar-refractivity contribution is 6.04. The number of benzene rings is 3. The van der Waals surface area contributed by atoms with Crippen LogP contribution >= 0.6 is 12.4 Å². The number of rotatable bonds is 8. The van der Waals surface area contributed by atoms with Crippen molar-refractivity contribution >= 4 is 29.7 Å². The first kappa shape index (κ1) is 30.4. The van der Waals surface area contributed by atoms with Crippen molar-refractivity contribution in [1.82, 2.24) is 0 Å². The molecule has 0 saturated heterocycles. The van der Waals surface area contributed by atoms with E-state index in [2.05, 4.69) is 126 Å². The zero-order chi connectivity index (χ0) is 26.5. The highest BCUT2D eigenvalue weighted by Gasteiger charge is 2.20. The monoisotopic (exact) mass is 519 g/mol. The van der Waals surface area contributed by atoms with Gasteiger partial charge in [0.2, 0.25) is 5.96 Å². The SMILES string of the molecule is CCC(C)c1ccc(N(C)C(=N)N(Cc2ccc(C(C)(C)C)cc2)c2ccc(C(C)CC)cc2)cc1.Cl. The summed E-state index contributed by atoms with van der Waals surface area (Å²) in [6.07, 6.45) is 2.24. The predicted octanol–water partition coefficient (Wildman–Crippen LogP) is 9.51. The summed E-state index contributed by atoms with van der Waals surface area (Å²) in [6.45, 7) is 16.3. The van der Waals surface area contributed by atoms with Crippen molar-refractivity contribution in [3.63, 3.8) is 0 Å². The summed E-state index contributed by atoms with van der Waals surface area (Å²) in [5.41, 5.74) is 7.39. The summed E-state index contributed by atoms with van der Waals surface area (Å²) >= 11 is 0. The van der Waals surface area contributed by atoms with E-state index >= 15 is 0 Å². The third-order valence-electron chi connectivity index (χ3n) is 7.58. The summed E-state index contributed by atoms with van der Waals surface area (Å²) in [7, 11) is 1.99. The molecule has 1 N–H and O–H groups in total. The van der Waals surface area contributed by atoms with Crippen molar-refractivity contribution in [2.24, 2.45) is 0 Å². The Hall–Kier alpha value is -2.78. The first-order chi connectivity index (χ1) is 17.0. The van der Waals surface area contributed by atoms with Gasteiger partial charge in [0.25, 0.3) is 0 Å². The second-order valence-electron chi connectivity index (χ2n) is 11.2. The molecule has 200 valence electrons. The Kier molecular flexibility index (Phi) is 10.8. The third kappa shape index (κ3) is 7.61. The minimum Gasteiger partial charge on any atom is -0.316 e. The number of hydrogen-bond donors (Lipinski definition) is 1. The predicted molar refractivity (Wildman–Crippen MR) is 165 cm³/mol. The van der Waals surface area contributed by atoms with Gasteiger partial charge in [-0.05, 0) is 76.6 Å². The average Bonchev–Trinajstić information content (AvgIpc) is 2.90. The molecule has 0 radical (unpaired) electrons. The molecule has 3 aromatic rings. The summed E-state index contributed by atoms with van der Waals surface area (Å²) in [5.74, 6) is 1.53. The summed E-state index contributed by atoms with van der Waals surface area (Å²) in [5, 5.41) is 9.22. The van der Waals surface area contributed by atoms with Crippen LogP contribution in [0.5, 0.6) is 0 Å². The van der Waals surface area contributed by atoms with E-state index in [1.54, 1.807) is 0 Å². The van der Waals surface area contributed by atoms with Crippen LogP contribution < -0.4 is 9.80 Å². The lowest BCUT2D eigenvalue weighted by Crippen LogP contribution is -2.41. The van der Waals surface area contributed by atoms with Gasteiger partial charge in [0.1, 0.15) is 0 Å². The molecule has 37 heavy (non-hydrogen) atoms. The van der Waals surface area contributed by atoms with E-state index in [9.17, 15) is 5.41 Å². The molecular weight excluding hydrogens is 474 g/mol. The lowest BCUT2D eigenvalue weighted by molar-refractivity contribution is 0.590. The molecule has 0 fully saturated rings. The Morgan fingerprint density at radius 1 is 0.730 bits per heavy atom. The minimum atomic E-state index is 0. The van der Waals surface area contributed by atoms with Crippen LogP contribution in [0.2, 0.25) is 0 Å². The fraction of sp³-hybridized carbons (Fsp3) is 0.424. The van der Waals surface area contributed by atoms with Crippen LogP contribution in [0.15, 0.2) is 72.8 Å². The third-order valence-corrected chi connectivity index (χ3v) is 7.58. The molecule has 0 aromatic heterocycles. The van der Waals surface area contributed by atoms with Gasteiger partial charge in [-0.25, -0.2) is 0 Å². The minimum absolute atomic E-state index is 0. The van der Waals surface area contributed by atoms with Crippen LogP contribution in [0.25, 0.3) is 0 Å². The molecule has 3 rings (SSSR count). The molecule has 3 nitrogen and oxygen atoms in total. The largest absolute Gasteiger partial charge is 0.316 e. The quantitative estimate of drug-likeness (QED) is 0.237. The fourth-order valence-electron chi connectivity index (χ4n) is 4.37. The zero-order valence-corrected chi connectivity index (χ0v) is 24.8. The molecule has 0 heterocycles. The number of halogens is 1. The molecule has 4 heteroatoms. The van der Waals surface area contributed by atoms with Crippen molar-refractivity contribution in [2.45, 2.75) is 85.1 Å². The standard InChI is InChI=1S/C33H45N3.ClH/c1-9-24(3)27-13-19-30(20-14-27)35(8)32(34)36(31-21-15-28(16-22-31)25(4)10-2)23-26-11-17-29(18-12-26)33(5,6)7;/h11-22,24-25,34H,9-10,23H2,1-8H3;1H. The number of guanidine groups is 1. The Morgan fingerprint density at radius 3 is 1.57 bits per heavy atom. The fourth-order valence-corrected chi connectivity index (χ4v) is 4.37. The van der Waals surface area contributed by atoms with Gasteiger partial charge in [-0.2, -0.15) is 0 Å². The van der Waals surface area contributed by atoms with Gasteiger partial charge in [0, 0.05) is 18.4 Å². The smallest absolute Gasteiger partial charge is 0.202 e. The van der Waals surface area contributed by atoms with E-state index in [0.29, 0.717) is 24.3 Å². The van der Waals surface area contributed by atoms with E-state index in [-0.39, 0.29) is 17.8 Å². The highest BCUT2D eigenvalue weighted by atomic mass is 35.5. The first-order valence-corrected chi connectivity index (χ1v) is 13.4. The van der Waals surface area contributed by atoms with Gasteiger partial charge in [0.15, 0.2) is 0 Å². The molecule has 0 aliphatic heterocycles. The summed E-state index contributed by atoms with van der Waals surface area (Å²) in [4.78, 5) is 4.08. The van der Waals surface area contributed by atoms with Crippen LogP contribution in [-0.2, 0) is 12.0 Å². The van der Waals surface area contributed by atoms with Crippen LogP contribution in [-0.4, -0.2) is 13.0 Å². The van der Waals surface area contributed by atoms with Crippen LogP contribution in [0.3, 0.4) is 0 Å². The number of nitrogens with zero attached hydrogens (tertiary/aromatic N) is 2. The Balaban J connectivity index is 0.00000481. The molecule has 0 aliphatic carbocycles. The van der Waals surface area contributed by atoms with E-state index < -0.39 is 0 Å². The zero-order valence-electron chi connectivity index (χ0n) is 24.0. The Labute approximate surface area is 231 Å². The van der Waals surface area contributed by atoms with Gasteiger partial charge < -0.3 is 9.80 Å². The maximum atomic E-state index is 9.22. The van der Waals surface area contributed by atoms with E-state index in [1.807, 2.05) is 11.9 Å². The molecule has 2 unspecified atom stereocenters. The van der Waals surface area contributed by atoms with Crippen molar-refractivity contribution in [2.75, 3.05) is 16.8 Å². The molecule has 0 amide bonds. The lowest BCUT2D eigenvalue weighted by Gasteiger charge is -2.32. The van der Waals surface area contributed by atoms with Crippen LogP contribution in [0, 0.1) is 5.41 Å². The van der Waals surface area contributed by atoms with Crippen LogP contribution in [0.1, 0.15) is 95.4 Å². The van der Waals surface area contributed by atoms with Gasteiger partial charge in [-0.15, -0.1) is 12.4 Å². The van der Waals surface area contributed by atoms with Crippen molar-refractivity contribution < 1.29 is 0 Å². The maximum absolute atomic E-state index is 9.22. The maximum Gasteiger partial charge on any atom is 0.202 e. The van der Waals surface area contributed by atoms with Crippen molar-refractivity contribution in [3.8, 4) is 0 Å². The van der Waals surface area contributed by atoms with Gasteiger partial charge >= 0.3 is 0 Å². The van der Waals surface area contributed by atoms with E-state index in [0.717, 1.165) is 24.2 Å². The van der Waals surface area contributed by atoms with Crippen LogP contribution in [0.4, 0.5) is 11.4 Å². The molecule has 0 saturated carbocycles. The summed E-state index contributed by atoms with van der Waals surface area (Å²) < 4.78 is 0. The van der Waals surface area contributed by atoms with Gasteiger partial charge in [-0.3, -0.25) is 5.41 Å². The molecule has 0 spiro atoms. The van der Waals surface area contributed by atoms with Gasteiger partial charge in [0.05, 0.1) is 6.54 Å². The van der Waals surface area contributed by atoms with Crippen molar-refractivity contribution in [1.29, 1.82) is 5.41 Å². The number of anilines is 2.